The van der Waals surface area contributed by atoms with Gasteiger partial charge in [0.1, 0.15) is 12.4 Å². The second-order valence-electron chi connectivity index (χ2n) is 5.26. The predicted octanol–water partition coefficient (Wildman–Crippen LogP) is 2.96. The van der Waals surface area contributed by atoms with E-state index in [2.05, 4.69) is 41.8 Å². The van der Waals surface area contributed by atoms with Gasteiger partial charge in [-0.25, -0.2) is 0 Å². The molecule has 0 saturated carbocycles. The molecule has 1 unspecified atom stereocenters. The van der Waals surface area contributed by atoms with Gasteiger partial charge >= 0.3 is 0 Å². The molecule has 0 heterocycles. The molecule has 0 aliphatic rings. The van der Waals surface area contributed by atoms with Gasteiger partial charge in [0.05, 0.1) is 0 Å². The molecule has 2 N–H and O–H groups in total. The second-order valence-corrected chi connectivity index (χ2v) is 5.26. The summed E-state index contributed by atoms with van der Waals surface area (Å²) in [4.78, 5) is 0. The molecular weight excluding hydrogens is 260 g/mol. The van der Waals surface area contributed by atoms with Crippen molar-refractivity contribution in [1.29, 1.82) is 0 Å². The maximum atomic E-state index is 5.85. The van der Waals surface area contributed by atoms with Crippen molar-refractivity contribution in [1.82, 2.24) is 10.6 Å². The summed E-state index contributed by atoms with van der Waals surface area (Å²) < 4.78 is 5.85. The molecular formula is C18H24N2O. The molecule has 0 amide bonds. The van der Waals surface area contributed by atoms with Crippen molar-refractivity contribution >= 4 is 0 Å². The van der Waals surface area contributed by atoms with Gasteiger partial charge in [0.25, 0.3) is 0 Å². The fraction of sp³-hybridized carbons (Fsp3) is 0.333. The molecule has 0 saturated heterocycles. The normalized spacial score (nSPS) is 12.1. The SMILES string of the molecule is CNCC(C)NCc1cccc(OCc2ccccc2)c1. The van der Waals surface area contributed by atoms with Crippen LogP contribution in [0.2, 0.25) is 0 Å². The van der Waals surface area contributed by atoms with Crippen LogP contribution in [0, 0.1) is 0 Å². The van der Waals surface area contributed by atoms with Crippen molar-refractivity contribution < 1.29 is 4.74 Å². The summed E-state index contributed by atoms with van der Waals surface area (Å²) in [5, 5.41) is 6.65. The molecule has 0 aliphatic carbocycles. The Kier molecular flexibility index (Phi) is 6.25. The second kappa shape index (κ2) is 8.45. The molecule has 2 aromatic rings. The van der Waals surface area contributed by atoms with E-state index in [9.17, 15) is 0 Å². The summed E-state index contributed by atoms with van der Waals surface area (Å²) in [6, 6.07) is 18.9. The zero-order valence-corrected chi connectivity index (χ0v) is 12.8. The van der Waals surface area contributed by atoms with E-state index >= 15 is 0 Å². The van der Waals surface area contributed by atoms with Crippen molar-refractivity contribution in [2.45, 2.75) is 26.1 Å². The molecule has 0 aliphatic heterocycles. The fourth-order valence-electron chi connectivity index (χ4n) is 2.16. The predicted molar refractivity (Wildman–Crippen MR) is 87.4 cm³/mol. The zero-order chi connectivity index (χ0) is 14.9. The van der Waals surface area contributed by atoms with E-state index in [-0.39, 0.29) is 0 Å². The van der Waals surface area contributed by atoms with Crippen LogP contribution < -0.4 is 15.4 Å². The van der Waals surface area contributed by atoms with Crippen LogP contribution in [0.15, 0.2) is 54.6 Å². The van der Waals surface area contributed by atoms with Gasteiger partial charge in [0.2, 0.25) is 0 Å². The van der Waals surface area contributed by atoms with Crippen LogP contribution in [0.1, 0.15) is 18.1 Å². The molecule has 112 valence electrons. The summed E-state index contributed by atoms with van der Waals surface area (Å²) >= 11 is 0. The summed E-state index contributed by atoms with van der Waals surface area (Å²) in [7, 11) is 1.97. The molecule has 3 nitrogen and oxygen atoms in total. The van der Waals surface area contributed by atoms with E-state index in [0.717, 1.165) is 18.8 Å². The lowest BCUT2D eigenvalue weighted by Crippen LogP contribution is -2.34. The number of rotatable bonds is 8. The highest BCUT2D eigenvalue weighted by Gasteiger charge is 2.01. The molecule has 21 heavy (non-hydrogen) atoms. The Bertz CT molecular complexity index is 528. The van der Waals surface area contributed by atoms with Crippen LogP contribution in [0.5, 0.6) is 5.75 Å². The van der Waals surface area contributed by atoms with E-state index in [1.165, 1.54) is 11.1 Å². The highest BCUT2D eigenvalue weighted by atomic mass is 16.5. The summed E-state index contributed by atoms with van der Waals surface area (Å²) in [5.74, 6) is 0.916. The van der Waals surface area contributed by atoms with Crippen LogP contribution in [-0.4, -0.2) is 19.6 Å². The zero-order valence-electron chi connectivity index (χ0n) is 12.8. The monoisotopic (exact) mass is 284 g/mol. The molecule has 2 rings (SSSR count). The van der Waals surface area contributed by atoms with Crippen molar-refractivity contribution in [3.8, 4) is 5.75 Å². The van der Waals surface area contributed by atoms with E-state index in [1.54, 1.807) is 0 Å². The lowest BCUT2D eigenvalue weighted by molar-refractivity contribution is 0.306. The minimum absolute atomic E-state index is 0.448. The standard InChI is InChI=1S/C18H24N2O/c1-15(12-19-2)20-13-17-9-6-10-18(11-17)21-14-16-7-4-3-5-8-16/h3-11,15,19-20H,12-14H2,1-2H3. The summed E-state index contributed by atoms with van der Waals surface area (Å²) in [6.45, 7) is 4.59. The number of benzene rings is 2. The Labute approximate surface area is 127 Å². The molecule has 0 bridgehead atoms. The Morgan fingerprint density at radius 3 is 2.52 bits per heavy atom. The molecule has 0 aromatic heterocycles. The topological polar surface area (TPSA) is 33.3 Å². The molecule has 0 spiro atoms. The third-order valence-corrected chi connectivity index (χ3v) is 3.31. The molecule has 2 aromatic carbocycles. The van der Waals surface area contributed by atoms with Gasteiger partial charge in [-0.15, -0.1) is 0 Å². The van der Waals surface area contributed by atoms with Gasteiger partial charge in [-0.2, -0.15) is 0 Å². The van der Waals surface area contributed by atoms with Crippen LogP contribution >= 0.6 is 0 Å². The van der Waals surface area contributed by atoms with Crippen LogP contribution in [0.4, 0.5) is 0 Å². The smallest absolute Gasteiger partial charge is 0.120 e. The maximum absolute atomic E-state index is 5.85. The van der Waals surface area contributed by atoms with E-state index in [1.807, 2.05) is 37.4 Å². The first-order valence-corrected chi connectivity index (χ1v) is 7.41. The van der Waals surface area contributed by atoms with E-state index in [0.29, 0.717) is 12.6 Å². The average Bonchev–Trinajstić information content (AvgIpc) is 2.53. The van der Waals surface area contributed by atoms with Gasteiger partial charge in [-0.05, 0) is 37.2 Å². The number of hydrogen-bond acceptors (Lipinski definition) is 3. The minimum atomic E-state index is 0.448. The van der Waals surface area contributed by atoms with Crippen molar-refractivity contribution in [2.75, 3.05) is 13.6 Å². The first-order chi connectivity index (χ1) is 10.3. The summed E-state index contributed by atoms with van der Waals surface area (Å²) in [6.07, 6.45) is 0. The first-order valence-electron chi connectivity index (χ1n) is 7.41. The van der Waals surface area contributed by atoms with Gasteiger partial charge < -0.3 is 15.4 Å². The Morgan fingerprint density at radius 1 is 1.00 bits per heavy atom. The third kappa shape index (κ3) is 5.58. The maximum Gasteiger partial charge on any atom is 0.120 e. The first kappa shape index (κ1) is 15.5. The number of ether oxygens (including phenoxy) is 1. The average molecular weight is 284 g/mol. The highest BCUT2D eigenvalue weighted by molar-refractivity contribution is 5.29. The quantitative estimate of drug-likeness (QED) is 0.782. The largest absolute Gasteiger partial charge is 0.489 e. The lowest BCUT2D eigenvalue weighted by atomic mass is 10.2. The highest BCUT2D eigenvalue weighted by Crippen LogP contribution is 2.15. The molecule has 1 atom stereocenters. The molecule has 3 heteroatoms. The Hall–Kier alpha value is -1.84. The molecule has 0 radical (unpaired) electrons. The van der Waals surface area contributed by atoms with Gasteiger partial charge in [-0.1, -0.05) is 42.5 Å². The third-order valence-electron chi connectivity index (χ3n) is 3.31. The van der Waals surface area contributed by atoms with E-state index < -0.39 is 0 Å². The van der Waals surface area contributed by atoms with Crippen LogP contribution in [-0.2, 0) is 13.2 Å². The van der Waals surface area contributed by atoms with Gasteiger partial charge in [-0.3, -0.25) is 0 Å². The summed E-state index contributed by atoms with van der Waals surface area (Å²) in [5.41, 5.74) is 2.42. The Morgan fingerprint density at radius 2 is 1.76 bits per heavy atom. The van der Waals surface area contributed by atoms with Crippen LogP contribution in [0.25, 0.3) is 0 Å². The van der Waals surface area contributed by atoms with Gasteiger partial charge in [0.15, 0.2) is 0 Å². The number of likely N-dealkylation sites (N-methyl/N-ethyl adjacent to an activating group) is 1. The van der Waals surface area contributed by atoms with Crippen molar-refractivity contribution in [3.63, 3.8) is 0 Å². The van der Waals surface area contributed by atoms with Crippen LogP contribution in [0.3, 0.4) is 0 Å². The number of hydrogen-bond donors (Lipinski definition) is 2. The Balaban J connectivity index is 1.86. The molecule has 0 fully saturated rings. The van der Waals surface area contributed by atoms with E-state index in [4.69, 9.17) is 4.74 Å². The van der Waals surface area contributed by atoms with Crippen molar-refractivity contribution in [2.24, 2.45) is 0 Å². The number of nitrogens with one attached hydrogen (secondary N) is 2. The lowest BCUT2D eigenvalue weighted by Gasteiger charge is -2.14. The van der Waals surface area contributed by atoms with Gasteiger partial charge in [0, 0.05) is 19.1 Å². The fourth-order valence-corrected chi connectivity index (χ4v) is 2.16. The van der Waals surface area contributed by atoms with Crippen molar-refractivity contribution in [3.05, 3.63) is 65.7 Å². The minimum Gasteiger partial charge on any atom is -0.489 e.